The number of benzene rings is 1. The Morgan fingerprint density at radius 3 is 2.67 bits per heavy atom. The number of hydrogen-bond acceptors (Lipinski definition) is 2. The van der Waals surface area contributed by atoms with E-state index in [1.807, 2.05) is 11.8 Å². The molecule has 0 bridgehead atoms. The van der Waals surface area contributed by atoms with Crippen LogP contribution in [0.15, 0.2) is 27.6 Å². The van der Waals surface area contributed by atoms with Crippen molar-refractivity contribution in [1.82, 2.24) is 0 Å². The number of rotatable bonds is 3. The molecule has 0 radical (unpaired) electrons. The van der Waals surface area contributed by atoms with E-state index in [4.69, 9.17) is 5.73 Å². The Kier molecular flexibility index (Phi) is 4.12. The fourth-order valence-corrected chi connectivity index (χ4v) is 3.91. The molecule has 2 rings (SSSR count). The number of hydrogen-bond donors (Lipinski definition) is 1. The second-order valence-electron chi connectivity index (χ2n) is 3.99. The molecule has 0 unspecified atom stereocenters. The van der Waals surface area contributed by atoms with E-state index in [9.17, 15) is 0 Å². The first kappa shape index (κ1) is 11.5. The number of nitrogens with two attached hydrogens (primary N) is 1. The van der Waals surface area contributed by atoms with Crippen molar-refractivity contribution in [2.75, 3.05) is 0 Å². The molecule has 0 saturated heterocycles. The second-order valence-corrected chi connectivity index (χ2v) is 6.19. The van der Waals surface area contributed by atoms with Crippen molar-refractivity contribution in [3.8, 4) is 0 Å². The lowest BCUT2D eigenvalue weighted by molar-refractivity contribution is 0.886. The maximum Gasteiger partial charge on any atom is 0.0314 e. The molecule has 1 aromatic rings. The summed E-state index contributed by atoms with van der Waals surface area (Å²) in [4.78, 5) is 1.36. The molecule has 82 valence electrons. The molecule has 15 heavy (non-hydrogen) atoms. The smallest absolute Gasteiger partial charge is 0.0314 e. The van der Waals surface area contributed by atoms with Gasteiger partial charge in [0.05, 0.1) is 0 Å². The van der Waals surface area contributed by atoms with Crippen molar-refractivity contribution in [1.29, 1.82) is 0 Å². The molecule has 1 fully saturated rings. The molecule has 1 nitrogen and oxygen atoms in total. The van der Waals surface area contributed by atoms with Crippen LogP contribution in [0.25, 0.3) is 0 Å². The lowest BCUT2D eigenvalue weighted by Crippen LogP contribution is -1.97. The summed E-state index contributed by atoms with van der Waals surface area (Å²) in [6, 6.07) is 6.45. The fourth-order valence-electron chi connectivity index (χ4n) is 1.95. The van der Waals surface area contributed by atoms with Gasteiger partial charge in [0.2, 0.25) is 0 Å². The first-order valence-electron chi connectivity index (χ1n) is 5.45. The van der Waals surface area contributed by atoms with Gasteiger partial charge in [-0.2, -0.15) is 0 Å². The monoisotopic (exact) mass is 285 g/mol. The predicted molar refractivity (Wildman–Crippen MR) is 70.1 cm³/mol. The van der Waals surface area contributed by atoms with E-state index in [1.54, 1.807) is 0 Å². The molecule has 0 aromatic heterocycles. The summed E-state index contributed by atoms with van der Waals surface area (Å²) < 4.78 is 1.20. The Balaban J connectivity index is 2.07. The molecular formula is C12H16BrNS. The Morgan fingerprint density at radius 1 is 1.33 bits per heavy atom. The molecule has 2 N–H and O–H groups in total. The van der Waals surface area contributed by atoms with Crippen molar-refractivity contribution in [2.45, 2.75) is 42.4 Å². The molecule has 0 amide bonds. The SMILES string of the molecule is NCc1ccc(SC2CCCC2)c(Br)c1. The zero-order valence-corrected chi connectivity index (χ0v) is 11.1. The molecule has 1 aromatic carbocycles. The minimum absolute atomic E-state index is 0.618. The third-order valence-electron chi connectivity index (χ3n) is 2.83. The summed E-state index contributed by atoms with van der Waals surface area (Å²) in [5.74, 6) is 0. The van der Waals surface area contributed by atoms with Crippen molar-refractivity contribution in [3.05, 3.63) is 28.2 Å². The maximum absolute atomic E-state index is 5.60. The van der Waals surface area contributed by atoms with Gasteiger partial charge in [0.25, 0.3) is 0 Å². The molecular weight excluding hydrogens is 270 g/mol. The topological polar surface area (TPSA) is 26.0 Å². The van der Waals surface area contributed by atoms with Gasteiger partial charge in [0.15, 0.2) is 0 Å². The van der Waals surface area contributed by atoms with Gasteiger partial charge >= 0.3 is 0 Å². The lowest BCUT2D eigenvalue weighted by Gasteiger charge is -2.11. The highest BCUT2D eigenvalue weighted by Gasteiger charge is 2.17. The van der Waals surface area contributed by atoms with Crippen LogP contribution in [0.3, 0.4) is 0 Å². The van der Waals surface area contributed by atoms with Gasteiger partial charge in [-0.05, 0) is 46.5 Å². The normalized spacial score (nSPS) is 17.2. The minimum atomic E-state index is 0.618. The van der Waals surface area contributed by atoms with Crippen LogP contribution in [0.4, 0.5) is 0 Å². The summed E-state index contributed by atoms with van der Waals surface area (Å²) in [6.07, 6.45) is 5.54. The minimum Gasteiger partial charge on any atom is -0.326 e. The van der Waals surface area contributed by atoms with E-state index >= 15 is 0 Å². The maximum atomic E-state index is 5.60. The van der Waals surface area contributed by atoms with E-state index < -0.39 is 0 Å². The molecule has 0 atom stereocenters. The van der Waals surface area contributed by atoms with Crippen LogP contribution in [-0.4, -0.2) is 5.25 Å². The molecule has 1 saturated carbocycles. The highest BCUT2D eigenvalue weighted by molar-refractivity contribution is 9.10. The first-order valence-corrected chi connectivity index (χ1v) is 7.12. The zero-order chi connectivity index (χ0) is 10.7. The van der Waals surface area contributed by atoms with Crippen molar-refractivity contribution >= 4 is 27.7 Å². The zero-order valence-electron chi connectivity index (χ0n) is 8.71. The standard InChI is InChI=1S/C12H16BrNS/c13-11-7-9(8-14)5-6-12(11)15-10-3-1-2-4-10/h5-7,10H,1-4,8,14H2. The van der Waals surface area contributed by atoms with Gasteiger partial charge < -0.3 is 5.73 Å². The molecule has 0 aliphatic heterocycles. The predicted octanol–water partition coefficient (Wildman–Crippen LogP) is 3.94. The van der Waals surface area contributed by atoms with Crippen LogP contribution >= 0.6 is 27.7 Å². The molecule has 0 heterocycles. The summed E-state index contributed by atoms with van der Waals surface area (Å²) in [5.41, 5.74) is 6.80. The second kappa shape index (κ2) is 5.37. The first-order chi connectivity index (χ1) is 7.29. The molecule has 1 aliphatic rings. The van der Waals surface area contributed by atoms with Crippen LogP contribution in [0.1, 0.15) is 31.2 Å². The van der Waals surface area contributed by atoms with Crippen LogP contribution in [0.5, 0.6) is 0 Å². The Hall–Kier alpha value is 0.01000. The summed E-state index contributed by atoms with van der Waals surface area (Å²) in [7, 11) is 0. The number of halogens is 1. The van der Waals surface area contributed by atoms with Gasteiger partial charge in [0, 0.05) is 21.2 Å². The highest BCUT2D eigenvalue weighted by atomic mass is 79.9. The summed E-state index contributed by atoms with van der Waals surface area (Å²) >= 11 is 5.63. The average Bonchev–Trinajstić information content (AvgIpc) is 2.74. The third kappa shape index (κ3) is 2.99. The van der Waals surface area contributed by atoms with Crippen molar-refractivity contribution < 1.29 is 0 Å². The quantitative estimate of drug-likeness (QED) is 0.910. The fraction of sp³-hybridized carbons (Fsp3) is 0.500. The van der Waals surface area contributed by atoms with Crippen LogP contribution in [-0.2, 0) is 6.54 Å². The van der Waals surface area contributed by atoms with E-state index in [0.717, 1.165) is 5.25 Å². The van der Waals surface area contributed by atoms with Crippen molar-refractivity contribution in [2.24, 2.45) is 5.73 Å². The lowest BCUT2D eigenvalue weighted by atomic mass is 10.2. The van der Waals surface area contributed by atoms with Gasteiger partial charge in [-0.15, -0.1) is 11.8 Å². The largest absolute Gasteiger partial charge is 0.326 e. The highest BCUT2D eigenvalue weighted by Crippen LogP contribution is 2.38. The van der Waals surface area contributed by atoms with E-state index in [2.05, 4.69) is 34.1 Å². The summed E-state index contributed by atoms with van der Waals surface area (Å²) in [6.45, 7) is 0.618. The molecule has 3 heteroatoms. The Morgan fingerprint density at radius 2 is 2.07 bits per heavy atom. The van der Waals surface area contributed by atoms with E-state index in [-0.39, 0.29) is 0 Å². The Labute approximate surface area is 104 Å². The van der Waals surface area contributed by atoms with Crippen LogP contribution in [0.2, 0.25) is 0 Å². The van der Waals surface area contributed by atoms with Gasteiger partial charge in [0.1, 0.15) is 0 Å². The van der Waals surface area contributed by atoms with Gasteiger partial charge in [-0.25, -0.2) is 0 Å². The molecule has 0 spiro atoms. The van der Waals surface area contributed by atoms with E-state index in [0.29, 0.717) is 6.54 Å². The molecule has 1 aliphatic carbocycles. The van der Waals surface area contributed by atoms with Crippen molar-refractivity contribution in [3.63, 3.8) is 0 Å². The van der Waals surface area contributed by atoms with Gasteiger partial charge in [-0.3, -0.25) is 0 Å². The average molecular weight is 286 g/mol. The van der Waals surface area contributed by atoms with Gasteiger partial charge in [-0.1, -0.05) is 18.9 Å². The number of thioether (sulfide) groups is 1. The van der Waals surface area contributed by atoms with E-state index in [1.165, 1.54) is 40.6 Å². The summed E-state index contributed by atoms with van der Waals surface area (Å²) in [5, 5.41) is 0.824. The third-order valence-corrected chi connectivity index (χ3v) is 5.16. The van der Waals surface area contributed by atoms with Crippen LogP contribution < -0.4 is 5.73 Å². The Bertz CT molecular complexity index is 334. The van der Waals surface area contributed by atoms with Crippen LogP contribution in [0, 0.1) is 0 Å².